The molecule has 2 aromatic rings. The Hall–Kier alpha value is -3.32. The van der Waals surface area contributed by atoms with Gasteiger partial charge in [0.1, 0.15) is 5.54 Å². The van der Waals surface area contributed by atoms with Crippen LogP contribution in [-0.4, -0.2) is 59.1 Å². The molecule has 2 aromatic carbocycles. The van der Waals surface area contributed by atoms with Crippen molar-refractivity contribution in [3.05, 3.63) is 59.7 Å². The van der Waals surface area contributed by atoms with E-state index in [1.54, 1.807) is 13.8 Å². The lowest BCUT2D eigenvalue weighted by Gasteiger charge is -2.36. The predicted octanol–water partition coefficient (Wildman–Crippen LogP) is 3.24. The average Bonchev–Trinajstić information content (AvgIpc) is 3.47. The van der Waals surface area contributed by atoms with E-state index in [1.165, 1.54) is 12.0 Å². The van der Waals surface area contributed by atoms with Crippen LogP contribution in [-0.2, 0) is 19.1 Å². The van der Waals surface area contributed by atoms with E-state index in [4.69, 9.17) is 4.74 Å². The number of hydrogen-bond acceptors (Lipinski definition) is 6. The summed E-state index contributed by atoms with van der Waals surface area (Å²) < 4.78 is 5.20. The summed E-state index contributed by atoms with van der Waals surface area (Å²) in [5, 5.41) is 0. The van der Waals surface area contributed by atoms with Crippen molar-refractivity contribution in [2.24, 2.45) is 11.8 Å². The van der Waals surface area contributed by atoms with Crippen LogP contribution in [0.1, 0.15) is 48.7 Å². The molecule has 3 aliphatic heterocycles. The highest BCUT2D eigenvalue weighted by Crippen LogP contribution is 2.59. The number of fused-ring (bicyclic) bond motifs is 3. The van der Waals surface area contributed by atoms with E-state index in [0.29, 0.717) is 25.1 Å². The van der Waals surface area contributed by atoms with Gasteiger partial charge >= 0.3 is 5.97 Å². The van der Waals surface area contributed by atoms with E-state index >= 15 is 0 Å². The summed E-state index contributed by atoms with van der Waals surface area (Å²) in [5.41, 5.74) is 2.44. The number of rotatable bonds is 5. The molecule has 7 nitrogen and oxygen atoms in total. The molecule has 0 bridgehead atoms. The van der Waals surface area contributed by atoms with Gasteiger partial charge < -0.3 is 4.74 Å². The summed E-state index contributed by atoms with van der Waals surface area (Å²) in [6.45, 7) is 4.26. The fourth-order valence-electron chi connectivity index (χ4n) is 6.34. The maximum absolute atomic E-state index is 13.4. The van der Waals surface area contributed by atoms with Crippen molar-refractivity contribution < 1.29 is 23.9 Å². The largest absolute Gasteiger partial charge is 0.468 e. The number of imide groups is 1. The van der Waals surface area contributed by atoms with Gasteiger partial charge in [0, 0.05) is 18.2 Å². The number of Topliss-reactive ketones (excluding diaryl/α,β-unsaturated/α-hetero) is 1. The minimum Gasteiger partial charge on any atom is -0.468 e. The molecular weight excluding hydrogens is 432 g/mol. The molecule has 3 aliphatic rings. The molecule has 3 heterocycles. The van der Waals surface area contributed by atoms with Crippen LogP contribution in [0.25, 0.3) is 11.1 Å². The molecule has 0 aromatic heterocycles. The fraction of sp³-hybridized carbons (Fsp3) is 0.407. The lowest BCUT2D eigenvalue weighted by atomic mass is 9.77. The van der Waals surface area contributed by atoms with Gasteiger partial charge in [-0.1, -0.05) is 48.5 Å². The third-order valence-electron chi connectivity index (χ3n) is 7.83. The molecule has 7 heteroatoms. The molecule has 3 unspecified atom stereocenters. The summed E-state index contributed by atoms with van der Waals surface area (Å²) in [7, 11) is 1.35. The fourth-order valence-corrected chi connectivity index (χ4v) is 6.34. The van der Waals surface area contributed by atoms with Crippen LogP contribution in [0, 0.1) is 11.8 Å². The van der Waals surface area contributed by atoms with Gasteiger partial charge in [-0.25, -0.2) is 0 Å². The van der Waals surface area contributed by atoms with Crippen LogP contribution in [0.5, 0.6) is 0 Å². The molecule has 3 saturated heterocycles. The van der Waals surface area contributed by atoms with Crippen LogP contribution in [0.3, 0.4) is 0 Å². The van der Waals surface area contributed by atoms with Crippen molar-refractivity contribution in [2.45, 2.75) is 38.3 Å². The zero-order valence-electron chi connectivity index (χ0n) is 19.6. The monoisotopic (exact) mass is 460 g/mol. The Morgan fingerprint density at radius 3 is 2.18 bits per heavy atom. The van der Waals surface area contributed by atoms with Gasteiger partial charge in [0.2, 0.25) is 11.8 Å². The van der Waals surface area contributed by atoms with E-state index in [-0.39, 0.29) is 23.6 Å². The Morgan fingerprint density at radius 2 is 1.62 bits per heavy atom. The maximum atomic E-state index is 13.4. The molecule has 3 fully saturated rings. The number of ketones is 1. The number of nitrogens with zero attached hydrogens (tertiary/aromatic N) is 2. The van der Waals surface area contributed by atoms with Gasteiger partial charge in [-0.05, 0) is 49.9 Å². The molecular formula is C27H28N2O5. The smallest absolute Gasteiger partial charge is 0.327 e. The Morgan fingerprint density at radius 1 is 1.00 bits per heavy atom. The van der Waals surface area contributed by atoms with Gasteiger partial charge in [0.05, 0.1) is 18.9 Å². The highest BCUT2D eigenvalue weighted by molar-refractivity contribution is 6.09. The number of carbonyl (C=O) groups excluding carboxylic acids is 4. The zero-order valence-corrected chi connectivity index (χ0v) is 19.6. The van der Waals surface area contributed by atoms with Gasteiger partial charge in [0.15, 0.2) is 5.78 Å². The quantitative estimate of drug-likeness (QED) is 0.387. The summed E-state index contributed by atoms with van der Waals surface area (Å²) in [6.07, 6.45) is 1.28. The topological polar surface area (TPSA) is 84.0 Å². The normalized spacial score (nSPS) is 28.2. The number of ether oxygens (including phenoxy) is 1. The van der Waals surface area contributed by atoms with E-state index in [0.717, 1.165) is 23.1 Å². The van der Waals surface area contributed by atoms with Crippen molar-refractivity contribution >= 4 is 23.6 Å². The minimum absolute atomic E-state index is 0.0225. The number of benzene rings is 2. The molecule has 2 amide bonds. The average molecular weight is 461 g/mol. The van der Waals surface area contributed by atoms with Crippen LogP contribution in [0.15, 0.2) is 48.5 Å². The summed E-state index contributed by atoms with van der Waals surface area (Å²) >= 11 is 0. The van der Waals surface area contributed by atoms with E-state index in [2.05, 4.69) is 0 Å². The molecule has 0 spiro atoms. The van der Waals surface area contributed by atoms with Gasteiger partial charge in [0.25, 0.3) is 0 Å². The Kier molecular flexibility index (Phi) is 5.40. The first-order chi connectivity index (χ1) is 16.3. The SMILES string of the molecule is CCN1C(=O)C2C(c3ccc(-c4ccc(C(C)=O)cc4)cc3)N3CCC[C@@]3(C(=O)OC)C2C1=O. The molecule has 0 aliphatic carbocycles. The number of carbonyl (C=O) groups is 4. The third kappa shape index (κ3) is 2.99. The van der Waals surface area contributed by atoms with Crippen LogP contribution in [0.2, 0.25) is 0 Å². The molecule has 176 valence electrons. The van der Waals surface area contributed by atoms with Crippen molar-refractivity contribution in [3.8, 4) is 11.1 Å². The van der Waals surface area contributed by atoms with E-state index < -0.39 is 23.3 Å². The number of methoxy groups -OCH3 is 1. The Bertz CT molecular complexity index is 1170. The van der Waals surface area contributed by atoms with Crippen molar-refractivity contribution in [1.82, 2.24) is 9.80 Å². The summed E-state index contributed by atoms with van der Waals surface area (Å²) in [4.78, 5) is 54.7. The first-order valence-corrected chi connectivity index (χ1v) is 11.8. The van der Waals surface area contributed by atoms with Gasteiger partial charge in [-0.2, -0.15) is 0 Å². The second-order valence-corrected chi connectivity index (χ2v) is 9.34. The first kappa shape index (κ1) is 22.5. The number of hydrogen-bond donors (Lipinski definition) is 0. The number of esters is 1. The highest BCUT2D eigenvalue weighted by Gasteiger charge is 2.73. The standard InChI is InChI=1S/C27H28N2O5/c1-4-28-24(31)21-22(25(28)32)27(26(33)34-3)14-5-15-29(27)23(21)20-12-10-19(11-13-20)18-8-6-17(7-9-18)16(2)30/h6-13,21-23H,4-5,14-15H2,1-3H3/t21?,22?,23?,27-/m0/s1. The van der Waals surface area contributed by atoms with Crippen LogP contribution < -0.4 is 0 Å². The molecule has 34 heavy (non-hydrogen) atoms. The molecule has 5 rings (SSSR count). The predicted molar refractivity (Wildman–Crippen MR) is 125 cm³/mol. The van der Waals surface area contributed by atoms with Crippen molar-refractivity contribution in [2.75, 3.05) is 20.2 Å². The summed E-state index contributed by atoms with van der Waals surface area (Å²) in [5.74, 6) is -2.20. The van der Waals surface area contributed by atoms with Crippen molar-refractivity contribution in [1.29, 1.82) is 0 Å². The Balaban J connectivity index is 1.55. The lowest BCUT2D eigenvalue weighted by Crippen LogP contribution is -2.54. The molecule has 4 atom stereocenters. The number of likely N-dealkylation sites (tertiary alicyclic amines) is 1. The van der Waals surface area contributed by atoms with Gasteiger partial charge in [-0.15, -0.1) is 0 Å². The zero-order chi connectivity index (χ0) is 24.2. The Labute approximate surface area is 198 Å². The van der Waals surface area contributed by atoms with Crippen LogP contribution >= 0.6 is 0 Å². The number of amides is 2. The van der Waals surface area contributed by atoms with E-state index in [9.17, 15) is 19.2 Å². The second-order valence-electron chi connectivity index (χ2n) is 9.34. The third-order valence-corrected chi connectivity index (χ3v) is 7.83. The minimum atomic E-state index is -1.10. The second kappa shape index (κ2) is 8.17. The lowest BCUT2D eigenvalue weighted by molar-refractivity contribution is -0.159. The molecule has 0 N–H and O–H groups in total. The van der Waals surface area contributed by atoms with E-state index in [1.807, 2.05) is 53.4 Å². The summed E-state index contributed by atoms with van der Waals surface area (Å²) in [6, 6.07) is 15.0. The van der Waals surface area contributed by atoms with Crippen LogP contribution in [0.4, 0.5) is 0 Å². The maximum Gasteiger partial charge on any atom is 0.327 e. The van der Waals surface area contributed by atoms with Gasteiger partial charge in [-0.3, -0.25) is 29.0 Å². The highest BCUT2D eigenvalue weighted by atomic mass is 16.5. The van der Waals surface area contributed by atoms with Crippen molar-refractivity contribution in [3.63, 3.8) is 0 Å². The first-order valence-electron chi connectivity index (χ1n) is 11.8. The molecule has 0 radical (unpaired) electrons. The molecule has 0 saturated carbocycles.